The minimum atomic E-state index is -0.948. The Kier molecular flexibility index (Phi) is 7.75. The van der Waals surface area contributed by atoms with Crippen molar-refractivity contribution < 1.29 is 19.1 Å². The van der Waals surface area contributed by atoms with Crippen LogP contribution in [0.1, 0.15) is 25.3 Å². The number of alkyl carbamates (subject to hydrolysis) is 1. The first kappa shape index (κ1) is 19.5. The number of amides is 1. The summed E-state index contributed by atoms with van der Waals surface area (Å²) >= 11 is 0. The van der Waals surface area contributed by atoms with Gasteiger partial charge in [-0.2, -0.15) is 0 Å². The van der Waals surface area contributed by atoms with Gasteiger partial charge >= 0.3 is 12.1 Å². The zero-order valence-corrected chi connectivity index (χ0v) is 14.3. The van der Waals surface area contributed by atoms with Crippen molar-refractivity contribution in [1.82, 2.24) is 5.32 Å². The molecular weight excluding hydrogens is 306 g/mol. The molecule has 1 rings (SSSR count). The Morgan fingerprint density at radius 3 is 2.46 bits per heavy atom. The van der Waals surface area contributed by atoms with E-state index < -0.39 is 23.5 Å². The normalized spacial score (nSPS) is 13.9. The Labute approximate surface area is 143 Å². The molecule has 0 aliphatic carbocycles. The average Bonchev–Trinajstić information content (AvgIpc) is 2.59. The molecule has 0 aromatic heterocycles. The van der Waals surface area contributed by atoms with Gasteiger partial charge in [-0.15, -0.1) is 13.2 Å². The maximum atomic E-state index is 12.2. The summed E-state index contributed by atoms with van der Waals surface area (Å²) in [7, 11) is 1.32. The number of rotatable bonds is 9. The molecule has 5 heteroatoms. The molecule has 0 aliphatic heterocycles. The SMILES string of the molecule is C=CC[C@H](NC(=O)OCc1ccccc1)[C@](C)(CC=C)C(=O)OC. The first-order valence-electron chi connectivity index (χ1n) is 7.75. The third kappa shape index (κ3) is 5.26. The Balaban J connectivity index is 2.79. The number of benzene rings is 1. The fourth-order valence-corrected chi connectivity index (χ4v) is 2.45. The Hall–Kier alpha value is -2.56. The molecule has 1 aromatic rings. The van der Waals surface area contributed by atoms with Crippen molar-refractivity contribution in [3.05, 3.63) is 61.2 Å². The van der Waals surface area contributed by atoms with Gasteiger partial charge in [0, 0.05) is 0 Å². The summed E-state index contributed by atoms with van der Waals surface area (Å²) in [4.78, 5) is 24.3. The average molecular weight is 331 g/mol. The summed E-state index contributed by atoms with van der Waals surface area (Å²) in [5.41, 5.74) is -0.0639. The van der Waals surface area contributed by atoms with Gasteiger partial charge in [0.2, 0.25) is 0 Å². The Morgan fingerprint density at radius 2 is 1.92 bits per heavy atom. The number of methoxy groups -OCH3 is 1. The topological polar surface area (TPSA) is 64.6 Å². The second-order valence-electron chi connectivity index (χ2n) is 5.68. The summed E-state index contributed by atoms with van der Waals surface area (Å²) in [5, 5.41) is 2.75. The fraction of sp³-hybridized carbons (Fsp3) is 0.368. The van der Waals surface area contributed by atoms with Crippen molar-refractivity contribution in [3.8, 4) is 0 Å². The standard InChI is InChI=1S/C19H25NO4/c1-5-10-16(19(3,13-6-2)17(21)23-4)20-18(22)24-14-15-11-8-7-9-12-15/h5-9,11-12,16H,1-2,10,13-14H2,3-4H3,(H,20,22)/t16-,19-/m0/s1. The van der Waals surface area contributed by atoms with E-state index in [4.69, 9.17) is 9.47 Å². The van der Waals surface area contributed by atoms with Gasteiger partial charge in [-0.25, -0.2) is 4.79 Å². The summed E-state index contributed by atoms with van der Waals surface area (Å²) < 4.78 is 10.1. The molecule has 0 spiro atoms. The maximum absolute atomic E-state index is 12.2. The maximum Gasteiger partial charge on any atom is 0.407 e. The molecule has 5 nitrogen and oxygen atoms in total. The van der Waals surface area contributed by atoms with Crippen molar-refractivity contribution >= 4 is 12.1 Å². The van der Waals surface area contributed by atoms with E-state index in [0.717, 1.165) is 5.56 Å². The van der Waals surface area contributed by atoms with Gasteiger partial charge in [-0.05, 0) is 25.3 Å². The van der Waals surface area contributed by atoms with E-state index in [1.54, 1.807) is 19.1 Å². The van der Waals surface area contributed by atoms with Gasteiger partial charge in [0.05, 0.1) is 18.6 Å². The minimum Gasteiger partial charge on any atom is -0.469 e. The summed E-state index contributed by atoms with van der Waals surface area (Å²) in [6.45, 7) is 9.26. The molecule has 24 heavy (non-hydrogen) atoms. The molecule has 2 atom stereocenters. The highest BCUT2D eigenvalue weighted by atomic mass is 16.5. The predicted molar refractivity (Wildman–Crippen MR) is 93.3 cm³/mol. The number of ether oxygens (including phenoxy) is 2. The lowest BCUT2D eigenvalue weighted by atomic mass is 9.77. The number of nitrogens with one attached hydrogen (secondary N) is 1. The first-order chi connectivity index (χ1) is 11.5. The summed E-state index contributed by atoms with van der Waals surface area (Å²) in [5.74, 6) is -0.419. The van der Waals surface area contributed by atoms with Crippen LogP contribution in [0.5, 0.6) is 0 Å². The molecule has 0 heterocycles. The quantitative estimate of drug-likeness (QED) is 0.554. The summed E-state index contributed by atoms with van der Waals surface area (Å²) in [6.07, 6.45) is 3.44. The number of carbonyl (C=O) groups excluding carboxylic acids is 2. The molecule has 0 radical (unpaired) electrons. The van der Waals surface area contributed by atoms with Crippen LogP contribution in [-0.2, 0) is 20.9 Å². The molecule has 0 unspecified atom stereocenters. The molecule has 1 amide bonds. The van der Waals surface area contributed by atoms with E-state index in [1.807, 2.05) is 30.3 Å². The van der Waals surface area contributed by atoms with Gasteiger partial charge in [-0.3, -0.25) is 4.79 Å². The van der Waals surface area contributed by atoms with Gasteiger partial charge in [-0.1, -0.05) is 42.5 Å². The third-order valence-electron chi connectivity index (χ3n) is 3.90. The molecule has 0 aliphatic rings. The molecular formula is C19H25NO4. The number of allylic oxidation sites excluding steroid dienone is 1. The molecule has 1 aromatic carbocycles. The molecule has 0 bridgehead atoms. The minimum absolute atomic E-state index is 0.157. The van der Waals surface area contributed by atoms with Crippen molar-refractivity contribution in [2.24, 2.45) is 5.41 Å². The smallest absolute Gasteiger partial charge is 0.407 e. The second-order valence-corrected chi connectivity index (χ2v) is 5.68. The Morgan fingerprint density at radius 1 is 1.25 bits per heavy atom. The van der Waals surface area contributed by atoms with E-state index in [0.29, 0.717) is 12.8 Å². The van der Waals surface area contributed by atoms with Crippen LogP contribution in [0.4, 0.5) is 4.79 Å². The molecule has 1 N–H and O–H groups in total. The highest BCUT2D eigenvalue weighted by Crippen LogP contribution is 2.30. The van der Waals surface area contributed by atoms with Crippen LogP contribution in [0.25, 0.3) is 0 Å². The lowest BCUT2D eigenvalue weighted by Crippen LogP contribution is -2.50. The first-order valence-corrected chi connectivity index (χ1v) is 7.75. The van der Waals surface area contributed by atoms with Crippen molar-refractivity contribution in [2.45, 2.75) is 32.4 Å². The lowest BCUT2D eigenvalue weighted by molar-refractivity contribution is -0.153. The van der Waals surface area contributed by atoms with E-state index >= 15 is 0 Å². The van der Waals surface area contributed by atoms with Crippen LogP contribution >= 0.6 is 0 Å². The molecule has 130 valence electrons. The van der Waals surface area contributed by atoms with Crippen LogP contribution in [0.3, 0.4) is 0 Å². The van der Waals surface area contributed by atoms with Crippen LogP contribution in [0, 0.1) is 5.41 Å². The highest BCUT2D eigenvalue weighted by Gasteiger charge is 2.42. The summed E-state index contributed by atoms with van der Waals surface area (Å²) in [6, 6.07) is 8.85. The second kappa shape index (κ2) is 9.55. The monoisotopic (exact) mass is 331 g/mol. The zero-order valence-electron chi connectivity index (χ0n) is 14.3. The molecule has 0 saturated carbocycles. The van der Waals surface area contributed by atoms with Crippen LogP contribution in [-0.4, -0.2) is 25.2 Å². The van der Waals surface area contributed by atoms with Gasteiger partial charge < -0.3 is 14.8 Å². The fourth-order valence-electron chi connectivity index (χ4n) is 2.45. The van der Waals surface area contributed by atoms with Gasteiger partial charge in [0.15, 0.2) is 0 Å². The number of carbonyl (C=O) groups is 2. The molecule has 0 saturated heterocycles. The van der Waals surface area contributed by atoms with E-state index in [2.05, 4.69) is 18.5 Å². The lowest BCUT2D eigenvalue weighted by Gasteiger charge is -2.34. The zero-order chi connectivity index (χ0) is 18.0. The van der Waals surface area contributed by atoms with Crippen LogP contribution in [0.2, 0.25) is 0 Å². The van der Waals surface area contributed by atoms with Crippen molar-refractivity contribution in [2.75, 3.05) is 7.11 Å². The number of esters is 1. The highest BCUT2D eigenvalue weighted by molar-refractivity contribution is 5.79. The largest absolute Gasteiger partial charge is 0.469 e. The third-order valence-corrected chi connectivity index (χ3v) is 3.90. The van der Waals surface area contributed by atoms with Crippen molar-refractivity contribution in [3.63, 3.8) is 0 Å². The van der Waals surface area contributed by atoms with Gasteiger partial charge in [0.1, 0.15) is 6.61 Å². The van der Waals surface area contributed by atoms with Crippen molar-refractivity contribution in [1.29, 1.82) is 0 Å². The van der Waals surface area contributed by atoms with Crippen LogP contribution in [0.15, 0.2) is 55.6 Å². The van der Waals surface area contributed by atoms with E-state index in [1.165, 1.54) is 7.11 Å². The Bertz CT molecular complexity index is 570. The predicted octanol–water partition coefficient (Wildman–Crippen LogP) is 3.61. The number of hydrogen-bond acceptors (Lipinski definition) is 4. The van der Waals surface area contributed by atoms with Gasteiger partial charge in [0.25, 0.3) is 0 Å². The van der Waals surface area contributed by atoms with Crippen LogP contribution < -0.4 is 5.32 Å². The molecule has 0 fully saturated rings. The number of hydrogen-bond donors (Lipinski definition) is 1. The van der Waals surface area contributed by atoms with E-state index in [9.17, 15) is 9.59 Å². The van der Waals surface area contributed by atoms with E-state index in [-0.39, 0.29) is 6.61 Å².